The molecule has 0 radical (unpaired) electrons. The van der Waals surface area contributed by atoms with E-state index in [9.17, 15) is 18.0 Å². The maximum atomic E-state index is 12.2. The lowest BCUT2D eigenvalue weighted by Gasteiger charge is -2.29. The Kier molecular flexibility index (Phi) is 5.27. The summed E-state index contributed by atoms with van der Waals surface area (Å²) in [5.41, 5.74) is 2.03. The first-order chi connectivity index (χ1) is 11.0. The van der Waals surface area contributed by atoms with Gasteiger partial charge in [-0.15, -0.1) is 0 Å². The zero-order valence-electron chi connectivity index (χ0n) is 14.5. The summed E-state index contributed by atoms with van der Waals surface area (Å²) in [5.74, 6) is -0.650. The van der Waals surface area contributed by atoms with Gasteiger partial charge in [0.05, 0.1) is 17.8 Å². The highest BCUT2D eigenvalue weighted by Gasteiger charge is 2.31. The first-order valence-corrected chi connectivity index (χ1v) is 8.17. The van der Waals surface area contributed by atoms with Crippen molar-refractivity contribution < 1.29 is 18.0 Å². The molecule has 1 heterocycles. The molecule has 0 fully saturated rings. The lowest BCUT2D eigenvalue weighted by atomic mass is 9.91. The van der Waals surface area contributed by atoms with Gasteiger partial charge in [0, 0.05) is 17.3 Å². The van der Waals surface area contributed by atoms with Crippen LogP contribution in [0.4, 0.5) is 13.2 Å². The van der Waals surface area contributed by atoms with Gasteiger partial charge in [-0.05, 0) is 47.0 Å². The monoisotopic (exact) mass is 346 g/mol. The summed E-state index contributed by atoms with van der Waals surface area (Å²) < 4.78 is 38.6. The first-order valence-electron chi connectivity index (χ1n) is 8.17. The van der Waals surface area contributed by atoms with Crippen molar-refractivity contribution in [2.45, 2.75) is 70.8 Å². The number of nitrogens with one attached hydrogen (secondary N) is 2. The Morgan fingerprint density at radius 3 is 2.67 bits per heavy atom. The van der Waals surface area contributed by atoms with E-state index in [0.29, 0.717) is 0 Å². The average molecular weight is 346 g/mol. The van der Waals surface area contributed by atoms with Crippen molar-refractivity contribution in [3.8, 4) is 0 Å². The fraction of sp³-hybridized carbons (Fsp3) is 0.750. The molecule has 24 heavy (non-hydrogen) atoms. The van der Waals surface area contributed by atoms with Crippen molar-refractivity contribution in [3.05, 3.63) is 17.5 Å². The molecule has 1 aromatic heterocycles. The van der Waals surface area contributed by atoms with E-state index < -0.39 is 24.7 Å². The lowest BCUT2D eigenvalue weighted by Crippen LogP contribution is -2.46. The highest BCUT2D eigenvalue weighted by molar-refractivity contribution is 5.81. The summed E-state index contributed by atoms with van der Waals surface area (Å²) in [7, 11) is 0. The second-order valence-corrected chi connectivity index (χ2v) is 7.30. The summed E-state index contributed by atoms with van der Waals surface area (Å²) in [6, 6.07) is -0.780. The van der Waals surface area contributed by atoms with Gasteiger partial charge in [0.1, 0.15) is 6.54 Å². The van der Waals surface area contributed by atoms with E-state index >= 15 is 0 Å². The van der Waals surface area contributed by atoms with E-state index in [1.165, 1.54) is 0 Å². The van der Waals surface area contributed by atoms with Crippen LogP contribution in [-0.2, 0) is 16.8 Å². The molecule has 136 valence electrons. The molecule has 5 nitrogen and oxygen atoms in total. The van der Waals surface area contributed by atoms with E-state index in [-0.39, 0.29) is 11.6 Å². The van der Waals surface area contributed by atoms with Crippen LogP contribution in [0, 0.1) is 0 Å². The van der Waals surface area contributed by atoms with E-state index in [1.54, 1.807) is 13.1 Å². The maximum absolute atomic E-state index is 12.2. The molecular weight excluding hydrogens is 321 g/mol. The quantitative estimate of drug-likeness (QED) is 0.881. The highest BCUT2D eigenvalue weighted by atomic mass is 19.4. The predicted molar refractivity (Wildman–Crippen MR) is 84.6 cm³/mol. The molecule has 8 heteroatoms. The minimum Gasteiger partial charge on any atom is -0.346 e. The van der Waals surface area contributed by atoms with Crippen molar-refractivity contribution in [2.75, 3.05) is 6.54 Å². The normalized spacial score (nSPS) is 19.7. The van der Waals surface area contributed by atoms with Crippen LogP contribution in [0.5, 0.6) is 0 Å². The van der Waals surface area contributed by atoms with Gasteiger partial charge in [0.15, 0.2) is 0 Å². The van der Waals surface area contributed by atoms with Crippen molar-refractivity contribution in [3.63, 3.8) is 0 Å². The molecule has 1 aliphatic rings. The van der Waals surface area contributed by atoms with Crippen molar-refractivity contribution >= 4 is 5.91 Å². The van der Waals surface area contributed by atoms with Gasteiger partial charge in [-0.1, -0.05) is 0 Å². The van der Waals surface area contributed by atoms with Crippen LogP contribution in [0.25, 0.3) is 0 Å². The van der Waals surface area contributed by atoms with Crippen molar-refractivity contribution in [1.29, 1.82) is 0 Å². The maximum Gasteiger partial charge on any atom is 0.405 e. The van der Waals surface area contributed by atoms with Gasteiger partial charge in [0.2, 0.25) is 5.91 Å². The first kappa shape index (κ1) is 18.8. The van der Waals surface area contributed by atoms with Gasteiger partial charge in [-0.25, -0.2) is 0 Å². The van der Waals surface area contributed by atoms with Gasteiger partial charge in [0.25, 0.3) is 0 Å². The van der Waals surface area contributed by atoms with Crippen LogP contribution in [0.15, 0.2) is 6.20 Å². The van der Waals surface area contributed by atoms with E-state index in [4.69, 9.17) is 0 Å². The van der Waals surface area contributed by atoms with Gasteiger partial charge >= 0.3 is 6.18 Å². The van der Waals surface area contributed by atoms with E-state index in [1.807, 2.05) is 10.00 Å². The number of hydrogen-bond acceptors (Lipinski definition) is 3. The Morgan fingerprint density at radius 1 is 1.42 bits per heavy atom. The van der Waals surface area contributed by atoms with Gasteiger partial charge in [-0.3, -0.25) is 14.8 Å². The van der Waals surface area contributed by atoms with Crippen LogP contribution in [0.2, 0.25) is 0 Å². The molecule has 2 unspecified atom stereocenters. The second-order valence-electron chi connectivity index (χ2n) is 7.30. The topological polar surface area (TPSA) is 59.0 Å². The SMILES string of the molecule is CC(NC1CCCc2c1cnn2C(C)(C)C)C(=O)NCC(F)(F)F. The Bertz CT molecular complexity index is 589. The van der Waals surface area contributed by atoms with Crippen LogP contribution < -0.4 is 10.6 Å². The molecule has 1 aromatic rings. The summed E-state index contributed by atoms with van der Waals surface area (Å²) >= 11 is 0. The van der Waals surface area contributed by atoms with E-state index in [0.717, 1.165) is 30.5 Å². The number of halogens is 3. The lowest BCUT2D eigenvalue weighted by molar-refractivity contribution is -0.139. The third-order valence-electron chi connectivity index (χ3n) is 4.13. The number of alkyl halides is 3. The molecule has 0 bridgehead atoms. The number of rotatable bonds is 4. The number of fused-ring (bicyclic) bond motifs is 1. The fourth-order valence-electron chi connectivity index (χ4n) is 3.03. The Labute approximate surface area is 140 Å². The fourth-order valence-corrected chi connectivity index (χ4v) is 3.03. The number of amides is 1. The molecule has 1 amide bonds. The minimum absolute atomic E-state index is 0.0727. The van der Waals surface area contributed by atoms with Crippen LogP contribution in [0.1, 0.15) is 57.8 Å². The highest BCUT2D eigenvalue weighted by Crippen LogP contribution is 2.32. The minimum atomic E-state index is -4.40. The predicted octanol–water partition coefficient (Wildman–Crippen LogP) is 2.67. The molecule has 2 atom stereocenters. The van der Waals surface area contributed by atoms with Crippen LogP contribution >= 0.6 is 0 Å². The van der Waals surface area contributed by atoms with Gasteiger partial charge in [-0.2, -0.15) is 18.3 Å². The van der Waals surface area contributed by atoms with Crippen LogP contribution in [0.3, 0.4) is 0 Å². The summed E-state index contributed by atoms with van der Waals surface area (Å²) in [5, 5.41) is 9.53. The zero-order valence-corrected chi connectivity index (χ0v) is 14.5. The van der Waals surface area contributed by atoms with Gasteiger partial charge < -0.3 is 5.32 Å². The Hall–Kier alpha value is -1.57. The number of hydrogen-bond donors (Lipinski definition) is 2. The van der Waals surface area contributed by atoms with Crippen molar-refractivity contribution in [1.82, 2.24) is 20.4 Å². The number of carbonyl (C=O) groups excluding carboxylic acids is 1. The third kappa shape index (κ3) is 4.49. The Balaban J connectivity index is 2.05. The molecule has 0 spiro atoms. The number of aromatic nitrogens is 2. The van der Waals surface area contributed by atoms with Crippen LogP contribution in [-0.4, -0.2) is 34.5 Å². The standard InChI is InChI=1S/C16H25F3N4O/c1-10(14(24)20-9-16(17,18)19)22-12-6-5-7-13-11(12)8-21-23(13)15(2,3)4/h8,10,12,22H,5-7,9H2,1-4H3,(H,20,24). The smallest absolute Gasteiger partial charge is 0.346 e. The van der Waals surface area contributed by atoms with Crippen molar-refractivity contribution in [2.24, 2.45) is 0 Å². The molecule has 1 aliphatic carbocycles. The number of carbonyl (C=O) groups is 1. The third-order valence-corrected chi connectivity index (χ3v) is 4.13. The summed E-state index contributed by atoms with van der Waals surface area (Å²) in [6.07, 6.45) is 0.0987. The Morgan fingerprint density at radius 2 is 2.08 bits per heavy atom. The molecule has 2 N–H and O–H groups in total. The van der Waals surface area contributed by atoms with E-state index in [2.05, 4.69) is 31.2 Å². The summed E-state index contributed by atoms with van der Waals surface area (Å²) in [4.78, 5) is 11.8. The molecule has 2 rings (SSSR count). The molecular formula is C16H25F3N4O. The molecule has 0 aliphatic heterocycles. The number of nitrogens with zero attached hydrogens (tertiary/aromatic N) is 2. The molecule has 0 saturated heterocycles. The second kappa shape index (κ2) is 6.74. The average Bonchev–Trinajstić information content (AvgIpc) is 2.88. The molecule has 0 saturated carbocycles. The molecule has 0 aromatic carbocycles. The summed E-state index contributed by atoms with van der Waals surface area (Å²) in [6.45, 7) is 6.49. The largest absolute Gasteiger partial charge is 0.405 e. The zero-order chi connectivity index (χ0) is 18.1.